The number of amides is 2. The number of aliphatic hydroxyl groups is 1. The molecule has 0 radical (unpaired) electrons. The molecule has 9 nitrogen and oxygen atoms in total. The maximum atomic E-state index is 14.6. The van der Waals surface area contributed by atoms with Crippen molar-refractivity contribution in [3.05, 3.63) is 49.6 Å². The zero-order chi connectivity index (χ0) is 29.7. The summed E-state index contributed by atoms with van der Waals surface area (Å²) in [5.41, 5.74) is 0.578. The third kappa shape index (κ3) is 5.70. The van der Waals surface area contributed by atoms with E-state index in [4.69, 9.17) is 9.47 Å². The SMILES string of the molecule is C=CCCOC(=O)[C@H]1[C@H]2C(=O)N(CCCCO)C(C(=O)N(CC=C)c3ccc(N(CC)CC)cc3)C23CC(Br)[C@@H]1O3. The highest BCUT2D eigenvalue weighted by Crippen LogP contribution is 2.60. The molecule has 224 valence electrons. The van der Waals surface area contributed by atoms with Gasteiger partial charge in [0, 0.05) is 49.0 Å². The van der Waals surface area contributed by atoms with Gasteiger partial charge in [0.1, 0.15) is 11.6 Å². The highest BCUT2D eigenvalue weighted by Gasteiger charge is 2.77. The Morgan fingerprint density at radius 2 is 1.85 bits per heavy atom. The van der Waals surface area contributed by atoms with Crippen molar-refractivity contribution in [2.75, 3.05) is 49.2 Å². The van der Waals surface area contributed by atoms with Gasteiger partial charge in [-0.25, -0.2) is 0 Å². The van der Waals surface area contributed by atoms with Gasteiger partial charge in [-0.2, -0.15) is 0 Å². The second-order valence-corrected chi connectivity index (χ2v) is 12.0. The zero-order valence-corrected chi connectivity index (χ0v) is 25.6. The number of likely N-dealkylation sites (tertiary alicyclic amines) is 1. The highest BCUT2D eigenvalue weighted by atomic mass is 79.9. The number of alkyl halides is 1. The van der Waals surface area contributed by atoms with Crippen molar-refractivity contribution in [2.24, 2.45) is 11.8 Å². The number of rotatable bonds is 15. The van der Waals surface area contributed by atoms with E-state index in [1.54, 1.807) is 22.0 Å². The van der Waals surface area contributed by atoms with E-state index in [9.17, 15) is 19.5 Å². The second-order valence-electron chi connectivity index (χ2n) is 10.8. The Hall–Kier alpha value is -2.69. The van der Waals surface area contributed by atoms with Crippen LogP contribution in [0.15, 0.2) is 49.6 Å². The average molecular weight is 633 g/mol. The van der Waals surface area contributed by atoms with E-state index in [0.29, 0.717) is 31.4 Å². The van der Waals surface area contributed by atoms with Gasteiger partial charge in [-0.1, -0.05) is 28.1 Å². The van der Waals surface area contributed by atoms with Gasteiger partial charge >= 0.3 is 5.97 Å². The monoisotopic (exact) mass is 631 g/mol. The number of unbranched alkanes of at least 4 members (excludes halogenated alkanes) is 1. The number of benzene rings is 1. The summed E-state index contributed by atoms with van der Waals surface area (Å²) in [4.78, 5) is 47.2. The Morgan fingerprint density at radius 1 is 1.17 bits per heavy atom. The Bertz CT molecular complexity index is 1130. The summed E-state index contributed by atoms with van der Waals surface area (Å²) in [6.45, 7) is 14.1. The van der Waals surface area contributed by atoms with Crippen molar-refractivity contribution in [3.63, 3.8) is 0 Å². The predicted molar refractivity (Wildman–Crippen MR) is 162 cm³/mol. The number of hydrogen-bond donors (Lipinski definition) is 1. The molecule has 3 aliphatic rings. The summed E-state index contributed by atoms with van der Waals surface area (Å²) in [6.07, 6.45) is 4.69. The Morgan fingerprint density at radius 3 is 2.46 bits per heavy atom. The van der Waals surface area contributed by atoms with Gasteiger partial charge in [-0.05, 0) is 63.8 Å². The minimum Gasteiger partial charge on any atom is -0.465 e. The van der Waals surface area contributed by atoms with Gasteiger partial charge in [0.05, 0.1) is 24.5 Å². The lowest BCUT2D eigenvalue weighted by atomic mass is 9.70. The molecule has 10 heteroatoms. The van der Waals surface area contributed by atoms with Gasteiger partial charge < -0.3 is 29.3 Å². The number of carbonyl (C=O) groups excluding carboxylic acids is 3. The van der Waals surface area contributed by atoms with Crippen LogP contribution in [0.4, 0.5) is 11.4 Å². The number of anilines is 2. The molecule has 41 heavy (non-hydrogen) atoms. The Balaban J connectivity index is 1.71. The van der Waals surface area contributed by atoms with Crippen LogP contribution in [0.2, 0.25) is 0 Å². The molecular weight excluding hydrogens is 590 g/mol. The van der Waals surface area contributed by atoms with Crippen molar-refractivity contribution < 1.29 is 29.0 Å². The lowest BCUT2D eigenvalue weighted by molar-refractivity contribution is -0.154. The number of nitrogens with zero attached hydrogens (tertiary/aromatic N) is 3. The third-order valence-electron chi connectivity index (χ3n) is 8.54. The van der Waals surface area contributed by atoms with Gasteiger partial charge in [0.2, 0.25) is 5.91 Å². The molecule has 0 saturated carbocycles. The van der Waals surface area contributed by atoms with Crippen LogP contribution in [-0.2, 0) is 23.9 Å². The Labute approximate surface area is 251 Å². The molecular formula is C31H42BrN3O6. The minimum atomic E-state index is -1.17. The summed E-state index contributed by atoms with van der Waals surface area (Å²) in [7, 11) is 0. The maximum Gasteiger partial charge on any atom is 0.312 e. The molecule has 0 aliphatic carbocycles. The number of fused-ring (bicyclic) bond motifs is 1. The third-order valence-corrected chi connectivity index (χ3v) is 9.38. The van der Waals surface area contributed by atoms with Crippen LogP contribution < -0.4 is 9.80 Å². The fourth-order valence-corrected chi connectivity index (χ4v) is 7.63. The molecule has 1 spiro atoms. The molecule has 2 amide bonds. The molecule has 1 aromatic carbocycles. The minimum absolute atomic E-state index is 0.0169. The first-order valence-electron chi connectivity index (χ1n) is 14.6. The molecule has 2 bridgehead atoms. The molecule has 0 aromatic heterocycles. The smallest absolute Gasteiger partial charge is 0.312 e. The van der Waals surface area contributed by atoms with E-state index < -0.39 is 35.6 Å². The lowest BCUT2D eigenvalue weighted by Gasteiger charge is -2.37. The summed E-state index contributed by atoms with van der Waals surface area (Å²) < 4.78 is 12.1. The van der Waals surface area contributed by atoms with Crippen LogP contribution >= 0.6 is 15.9 Å². The predicted octanol–water partition coefficient (Wildman–Crippen LogP) is 3.69. The number of halogens is 1. The quantitative estimate of drug-likeness (QED) is 0.136. The standard InChI is InChI=1S/C31H42BrN3O6/c1-5-9-19-40-30(39)24-25-28(37)35(17-10-11-18-36)27(31(25)20-23(32)26(24)41-31)29(38)34(16-6-2)22-14-12-21(13-15-22)33(7-3)8-4/h5-6,12-15,23-27,36H,1-2,7-11,16-20H2,3-4H3/t23?,24-,25-,26-,27?,31?/m0/s1. The summed E-state index contributed by atoms with van der Waals surface area (Å²) >= 11 is 3.69. The number of esters is 1. The van der Waals surface area contributed by atoms with Crippen LogP contribution in [0.1, 0.15) is 39.5 Å². The van der Waals surface area contributed by atoms with E-state index in [-0.39, 0.29) is 42.9 Å². The molecule has 3 saturated heterocycles. The number of hydrogen-bond acceptors (Lipinski definition) is 7. The van der Waals surface area contributed by atoms with Crippen LogP contribution in [0.5, 0.6) is 0 Å². The van der Waals surface area contributed by atoms with Gasteiger partial charge in [-0.3, -0.25) is 14.4 Å². The average Bonchev–Trinajstić information content (AvgIpc) is 3.56. The normalized spacial score (nSPS) is 28.0. The summed E-state index contributed by atoms with van der Waals surface area (Å²) in [5.74, 6) is -2.67. The van der Waals surface area contributed by atoms with Crippen molar-refractivity contribution in [1.29, 1.82) is 0 Å². The molecule has 1 aromatic rings. The first-order chi connectivity index (χ1) is 19.8. The first kappa shape index (κ1) is 31.3. The molecule has 4 rings (SSSR count). The topological polar surface area (TPSA) is 99.6 Å². The molecule has 3 fully saturated rings. The van der Waals surface area contributed by atoms with Crippen LogP contribution in [0.25, 0.3) is 0 Å². The molecule has 6 atom stereocenters. The van der Waals surface area contributed by atoms with Crippen LogP contribution in [0.3, 0.4) is 0 Å². The van der Waals surface area contributed by atoms with Gasteiger partial charge in [-0.15, -0.1) is 13.2 Å². The molecule has 3 unspecified atom stereocenters. The Kier molecular flexibility index (Phi) is 10.3. The number of aliphatic hydroxyl groups excluding tert-OH is 1. The fourth-order valence-electron chi connectivity index (χ4n) is 6.68. The first-order valence-corrected chi connectivity index (χ1v) is 15.5. The van der Waals surface area contributed by atoms with Crippen LogP contribution in [-0.4, -0.2) is 89.8 Å². The van der Waals surface area contributed by atoms with Crippen molar-refractivity contribution in [3.8, 4) is 0 Å². The zero-order valence-electron chi connectivity index (χ0n) is 24.0. The van der Waals surface area contributed by atoms with Crippen molar-refractivity contribution >= 4 is 45.1 Å². The van der Waals surface area contributed by atoms with Crippen molar-refractivity contribution in [2.45, 2.75) is 62.1 Å². The summed E-state index contributed by atoms with van der Waals surface area (Å²) in [5, 5.41) is 9.41. The van der Waals surface area contributed by atoms with Gasteiger partial charge in [0.25, 0.3) is 5.91 Å². The van der Waals surface area contributed by atoms with Crippen LogP contribution in [0, 0.1) is 11.8 Å². The van der Waals surface area contributed by atoms with E-state index in [1.807, 2.05) is 24.3 Å². The fraction of sp³-hybridized carbons (Fsp3) is 0.581. The second kappa shape index (κ2) is 13.5. The summed E-state index contributed by atoms with van der Waals surface area (Å²) in [6, 6.07) is 6.88. The largest absolute Gasteiger partial charge is 0.465 e. The highest BCUT2D eigenvalue weighted by molar-refractivity contribution is 9.09. The number of carbonyl (C=O) groups is 3. The number of ether oxygens (including phenoxy) is 2. The van der Waals surface area contributed by atoms with E-state index in [2.05, 4.69) is 47.8 Å². The molecule has 1 N–H and O–H groups in total. The molecule has 3 aliphatic heterocycles. The lowest BCUT2D eigenvalue weighted by Crippen LogP contribution is -2.57. The van der Waals surface area contributed by atoms with E-state index in [0.717, 1.165) is 18.8 Å². The van der Waals surface area contributed by atoms with E-state index in [1.165, 1.54) is 0 Å². The molecule has 3 heterocycles. The van der Waals surface area contributed by atoms with E-state index >= 15 is 0 Å². The maximum absolute atomic E-state index is 14.6. The van der Waals surface area contributed by atoms with Crippen molar-refractivity contribution in [1.82, 2.24) is 4.90 Å². The van der Waals surface area contributed by atoms with Gasteiger partial charge in [0.15, 0.2) is 0 Å².